The second kappa shape index (κ2) is 5.71. The standard InChI is InChI=1S/C13H15ClN4/c1-18(9-10-4-2-3-5-12(10)14)11-6-7-16-13(8-11)17-15/h2-8H,9,15H2,1H3,(H,16,17). The smallest absolute Gasteiger partial charge is 0.141 e. The molecule has 2 aromatic rings. The molecule has 5 heteroatoms. The lowest BCUT2D eigenvalue weighted by Gasteiger charge is -2.20. The molecule has 1 aromatic carbocycles. The van der Waals surface area contributed by atoms with E-state index >= 15 is 0 Å². The fourth-order valence-corrected chi connectivity index (χ4v) is 1.90. The van der Waals surface area contributed by atoms with E-state index in [0.29, 0.717) is 5.82 Å². The van der Waals surface area contributed by atoms with Crippen LogP contribution in [-0.4, -0.2) is 12.0 Å². The maximum atomic E-state index is 6.14. The first kappa shape index (κ1) is 12.7. The van der Waals surface area contributed by atoms with Crippen LogP contribution in [0.15, 0.2) is 42.6 Å². The Hall–Kier alpha value is -1.78. The van der Waals surface area contributed by atoms with Crippen LogP contribution in [0.25, 0.3) is 0 Å². The van der Waals surface area contributed by atoms with Crippen molar-refractivity contribution < 1.29 is 0 Å². The number of nitrogens with one attached hydrogen (secondary N) is 1. The van der Waals surface area contributed by atoms with Gasteiger partial charge in [-0.05, 0) is 17.7 Å². The van der Waals surface area contributed by atoms with E-state index in [-0.39, 0.29) is 0 Å². The lowest BCUT2D eigenvalue weighted by atomic mass is 10.2. The third-order valence-corrected chi connectivity index (χ3v) is 3.07. The first-order chi connectivity index (χ1) is 8.70. The van der Waals surface area contributed by atoms with E-state index in [9.17, 15) is 0 Å². The predicted molar refractivity (Wildman–Crippen MR) is 75.6 cm³/mol. The van der Waals surface area contributed by atoms with Crippen molar-refractivity contribution in [2.45, 2.75) is 6.54 Å². The molecule has 94 valence electrons. The molecule has 0 spiro atoms. The molecule has 0 atom stereocenters. The van der Waals surface area contributed by atoms with Crippen LogP contribution in [-0.2, 0) is 6.54 Å². The van der Waals surface area contributed by atoms with Crippen LogP contribution in [0.5, 0.6) is 0 Å². The van der Waals surface area contributed by atoms with Crippen molar-refractivity contribution in [2.75, 3.05) is 17.4 Å². The number of pyridine rings is 1. The fourth-order valence-electron chi connectivity index (χ4n) is 1.71. The van der Waals surface area contributed by atoms with Gasteiger partial charge in [-0.3, -0.25) is 0 Å². The molecular formula is C13H15ClN4. The first-order valence-electron chi connectivity index (χ1n) is 5.58. The van der Waals surface area contributed by atoms with Crippen molar-refractivity contribution in [1.29, 1.82) is 0 Å². The normalized spacial score (nSPS) is 10.2. The summed E-state index contributed by atoms with van der Waals surface area (Å²) in [7, 11) is 2.00. The Kier molecular flexibility index (Phi) is 4.02. The van der Waals surface area contributed by atoms with Gasteiger partial charge in [0.25, 0.3) is 0 Å². The zero-order chi connectivity index (χ0) is 13.0. The van der Waals surface area contributed by atoms with E-state index in [1.165, 1.54) is 0 Å². The molecule has 1 heterocycles. The van der Waals surface area contributed by atoms with E-state index in [4.69, 9.17) is 17.4 Å². The van der Waals surface area contributed by atoms with Crippen LogP contribution in [0.2, 0.25) is 5.02 Å². The van der Waals surface area contributed by atoms with Gasteiger partial charge in [-0.25, -0.2) is 10.8 Å². The van der Waals surface area contributed by atoms with Crippen molar-refractivity contribution in [3.63, 3.8) is 0 Å². The van der Waals surface area contributed by atoms with E-state index in [1.807, 2.05) is 43.4 Å². The fraction of sp³-hybridized carbons (Fsp3) is 0.154. The predicted octanol–water partition coefficient (Wildman–Crippen LogP) is 2.66. The molecule has 18 heavy (non-hydrogen) atoms. The number of nitrogens with zero attached hydrogens (tertiary/aromatic N) is 2. The lowest BCUT2D eigenvalue weighted by Crippen LogP contribution is -2.17. The maximum Gasteiger partial charge on any atom is 0.141 e. The molecule has 0 unspecified atom stereocenters. The zero-order valence-electron chi connectivity index (χ0n) is 10.1. The molecule has 0 saturated heterocycles. The minimum atomic E-state index is 0.638. The molecule has 0 fully saturated rings. The molecule has 0 amide bonds. The van der Waals surface area contributed by atoms with E-state index < -0.39 is 0 Å². The highest BCUT2D eigenvalue weighted by Gasteiger charge is 2.05. The van der Waals surface area contributed by atoms with Crippen molar-refractivity contribution in [3.05, 3.63) is 53.2 Å². The average Bonchev–Trinajstić information content (AvgIpc) is 2.41. The number of nitrogens with two attached hydrogens (primary N) is 1. The quantitative estimate of drug-likeness (QED) is 0.657. The second-order valence-corrected chi connectivity index (χ2v) is 4.40. The molecule has 4 nitrogen and oxygen atoms in total. The van der Waals surface area contributed by atoms with Gasteiger partial charge in [-0.15, -0.1) is 0 Å². The summed E-state index contributed by atoms with van der Waals surface area (Å²) in [5, 5.41) is 0.774. The molecule has 0 aliphatic carbocycles. The Balaban J connectivity index is 2.16. The molecule has 0 radical (unpaired) electrons. The highest BCUT2D eigenvalue weighted by atomic mass is 35.5. The van der Waals surface area contributed by atoms with E-state index in [1.54, 1.807) is 6.20 Å². The maximum absolute atomic E-state index is 6.14. The van der Waals surface area contributed by atoms with Gasteiger partial charge in [-0.2, -0.15) is 0 Å². The average molecular weight is 263 g/mol. The summed E-state index contributed by atoms with van der Waals surface area (Å²) in [6.07, 6.45) is 1.72. The second-order valence-electron chi connectivity index (χ2n) is 3.99. The van der Waals surface area contributed by atoms with E-state index in [2.05, 4.69) is 15.3 Å². The number of hydrogen-bond donors (Lipinski definition) is 2. The van der Waals surface area contributed by atoms with Crippen LogP contribution < -0.4 is 16.2 Å². The molecule has 3 N–H and O–H groups in total. The topological polar surface area (TPSA) is 54.2 Å². The first-order valence-corrected chi connectivity index (χ1v) is 5.95. The molecule has 0 aliphatic rings. The van der Waals surface area contributed by atoms with Crippen LogP contribution in [0.3, 0.4) is 0 Å². The molecule has 0 aliphatic heterocycles. The largest absolute Gasteiger partial charge is 0.370 e. The number of benzene rings is 1. The molecule has 2 rings (SSSR count). The van der Waals surface area contributed by atoms with Gasteiger partial charge in [0.2, 0.25) is 0 Å². The number of aromatic nitrogens is 1. The SMILES string of the molecule is CN(Cc1ccccc1Cl)c1ccnc(NN)c1. The van der Waals surface area contributed by atoms with E-state index in [0.717, 1.165) is 22.8 Å². The van der Waals surface area contributed by atoms with Crippen molar-refractivity contribution in [1.82, 2.24) is 4.98 Å². The molecule has 1 aromatic heterocycles. The van der Waals surface area contributed by atoms with Crippen molar-refractivity contribution in [3.8, 4) is 0 Å². The molecule has 0 saturated carbocycles. The van der Waals surface area contributed by atoms with Gasteiger partial charge in [0.05, 0.1) is 0 Å². The minimum Gasteiger partial charge on any atom is -0.370 e. The number of halogens is 1. The Morgan fingerprint density at radius 1 is 1.33 bits per heavy atom. The van der Waals surface area contributed by atoms with Gasteiger partial charge in [0, 0.05) is 36.6 Å². The van der Waals surface area contributed by atoms with Gasteiger partial charge in [0.15, 0.2) is 0 Å². The third-order valence-electron chi connectivity index (χ3n) is 2.70. The van der Waals surface area contributed by atoms with Crippen LogP contribution in [0.1, 0.15) is 5.56 Å². The number of hydrogen-bond acceptors (Lipinski definition) is 4. The summed E-state index contributed by atoms with van der Waals surface area (Å²) in [4.78, 5) is 6.16. The van der Waals surface area contributed by atoms with Gasteiger partial charge < -0.3 is 10.3 Å². The zero-order valence-corrected chi connectivity index (χ0v) is 10.9. The van der Waals surface area contributed by atoms with Crippen molar-refractivity contribution in [2.24, 2.45) is 5.84 Å². The summed E-state index contributed by atoms with van der Waals surface area (Å²) in [6.45, 7) is 0.730. The minimum absolute atomic E-state index is 0.638. The monoisotopic (exact) mass is 262 g/mol. The molecule has 0 bridgehead atoms. The summed E-state index contributed by atoms with van der Waals surface area (Å²) < 4.78 is 0. The van der Waals surface area contributed by atoms with Gasteiger partial charge in [-0.1, -0.05) is 29.8 Å². The Bertz CT molecular complexity index is 530. The third kappa shape index (κ3) is 2.91. The summed E-state index contributed by atoms with van der Waals surface area (Å²) >= 11 is 6.14. The Morgan fingerprint density at radius 2 is 2.11 bits per heavy atom. The number of nitrogen functional groups attached to an aromatic ring is 1. The highest BCUT2D eigenvalue weighted by Crippen LogP contribution is 2.21. The lowest BCUT2D eigenvalue weighted by molar-refractivity contribution is 0.921. The van der Waals surface area contributed by atoms with Crippen LogP contribution in [0.4, 0.5) is 11.5 Å². The molecular weight excluding hydrogens is 248 g/mol. The number of hydrazine groups is 1. The van der Waals surface area contributed by atoms with Crippen molar-refractivity contribution >= 4 is 23.1 Å². The number of anilines is 2. The number of rotatable bonds is 4. The summed E-state index contributed by atoms with van der Waals surface area (Å²) in [6, 6.07) is 11.6. The Labute approximate surface area is 111 Å². The van der Waals surface area contributed by atoms with Gasteiger partial charge in [0.1, 0.15) is 5.82 Å². The van der Waals surface area contributed by atoms with Crippen LogP contribution in [0, 0.1) is 0 Å². The van der Waals surface area contributed by atoms with Crippen LogP contribution >= 0.6 is 11.6 Å². The van der Waals surface area contributed by atoms with Gasteiger partial charge >= 0.3 is 0 Å². The Morgan fingerprint density at radius 3 is 2.83 bits per heavy atom. The highest BCUT2D eigenvalue weighted by molar-refractivity contribution is 6.31. The summed E-state index contributed by atoms with van der Waals surface area (Å²) in [5.41, 5.74) is 4.64. The summed E-state index contributed by atoms with van der Waals surface area (Å²) in [5.74, 6) is 5.98.